The first-order chi connectivity index (χ1) is 13.6. The second kappa shape index (κ2) is 9.36. The Kier molecular flexibility index (Phi) is 6.64. The minimum Gasteiger partial charge on any atom is -0.494 e. The molecule has 0 N–H and O–H groups in total. The monoisotopic (exact) mass is 380 g/mol. The molecule has 3 rings (SSSR count). The van der Waals surface area contributed by atoms with Crippen LogP contribution >= 0.6 is 0 Å². The molecule has 0 aliphatic carbocycles. The average Bonchev–Trinajstić information content (AvgIpc) is 2.71. The van der Waals surface area contributed by atoms with Crippen molar-refractivity contribution >= 4 is 16.7 Å². The van der Waals surface area contributed by atoms with Crippen LogP contribution in [-0.2, 0) is 11.2 Å². The van der Waals surface area contributed by atoms with Gasteiger partial charge < -0.3 is 9.15 Å². The molecule has 2 aromatic carbocycles. The van der Waals surface area contributed by atoms with E-state index in [0.29, 0.717) is 28.9 Å². The molecule has 0 amide bonds. The van der Waals surface area contributed by atoms with E-state index in [4.69, 9.17) is 9.15 Å². The third-order valence-corrected chi connectivity index (χ3v) is 4.89. The van der Waals surface area contributed by atoms with E-state index in [1.54, 1.807) is 6.92 Å². The highest BCUT2D eigenvalue weighted by Gasteiger charge is 2.10. The van der Waals surface area contributed by atoms with Crippen LogP contribution in [0.3, 0.4) is 0 Å². The van der Waals surface area contributed by atoms with Gasteiger partial charge in [-0.1, -0.05) is 61.9 Å². The zero-order chi connectivity index (χ0) is 19.9. The van der Waals surface area contributed by atoms with Crippen molar-refractivity contribution < 1.29 is 13.5 Å². The van der Waals surface area contributed by atoms with Gasteiger partial charge in [0, 0.05) is 16.5 Å². The fraction of sp³-hybridized carbons (Fsp3) is 0.292. The molecule has 3 nitrogen and oxygen atoms in total. The summed E-state index contributed by atoms with van der Waals surface area (Å²) in [5, 5.41) is 0.650. The molecule has 0 spiro atoms. The number of hydrogen-bond acceptors (Lipinski definition) is 3. The van der Waals surface area contributed by atoms with Crippen molar-refractivity contribution in [2.45, 2.75) is 39.0 Å². The molecule has 4 heteroatoms. The van der Waals surface area contributed by atoms with Gasteiger partial charge in [0.05, 0.1) is 6.61 Å². The Morgan fingerprint density at radius 2 is 1.82 bits per heavy atom. The van der Waals surface area contributed by atoms with Gasteiger partial charge in [0.1, 0.15) is 11.3 Å². The van der Waals surface area contributed by atoms with Crippen LogP contribution in [0, 0.1) is 12.7 Å². The Bertz CT molecular complexity index is 1010. The second-order valence-electron chi connectivity index (χ2n) is 6.96. The molecule has 0 unspecified atom stereocenters. The number of unbranched alkanes of at least 4 members (excludes halogenated alkanes) is 3. The first kappa shape index (κ1) is 19.9. The zero-order valence-electron chi connectivity index (χ0n) is 16.2. The Balaban J connectivity index is 1.40. The van der Waals surface area contributed by atoms with Gasteiger partial charge in [0.15, 0.2) is 0 Å². The maximum absolute atomic E-state index is 13.6. The molecular weight excluding hydrogens is 355 g/mol. The molecule has 0 radical (unpaired) electrons. The molecule has 0 aliphatic rings. The number of fused-ring (bicyclic) bond motifs is 1. The third-order valence-electron chi connectivity index (χ3n) is 4.89. The molecule has 0 bridgehead atoms. The van der Waals surface area contributed by atoms with E-state index in [0.717, 1.165) is 43.2 Å². The number of aryl methyl sites for hydroxylation is 2. The molecule has 146 valence electrons. The van der Waals surface area contributed by atoms with Gasteiger partial charge in [-0.3, -0.25) is 0 Å². The van der Waals surface area contributed by atoms with Crippen molar-refractivity contribution in [2.75, 3.05) is 6.61 Å². The summed E-state index contributed by atoms with van der Waals surface area (Å²) in [6.45, 7) is 6.23. The number of ether oxygens (including phenoxy) is 1. The Hall–Kier alpha value is -2.88. The number of hydrogen-bond donors (Lipinski definition) is 0. The van der Waals surface area contributed by atoms with Crippen LogP contribution in [0.5, 0.6) is 0 Å². The van der Waals surface area contributed by atoms with E-state index >= 15 is 0 Å². The molecular formula is C24H25FO3. The molecule has 3 aromatic rings. The van der Waals surface area contributed by atoms with Gasteiger partial charge in [-0.15, -0.1) is 0 Å². The van der Waals surface area contributed by atoms with Crippen molar-refractivity contribution in [3.63, 3.8) is 0 Å². The summed E-state index contributed by atoms with van der Waals surface area (Å²) in [5.74, 6) is -0.0950. The quantitative estimate of drug-likeness (QED) is 0.258. The molecule has 0 saturated heterocycles. The van der Waals surface area contributed by atoms with Gasteiger partial charge >= 0.3 is 5.63 Å². The van der Waals surface area contributed by atoms with Crippen molar-refractivity contribution in [2.24, 2.45) is 0 Å². The molecule has 0 fully saturated rings. The van der Waals surface area contributed by atoms with Crippen LogP contribution in [-0.4, -0.2) is 6.61 Å². The lowest BCUT2D eigenvalue weighted by Crippen LogP contribution is -2.07. The second-order valence-corrected chi connectivity index (χ2v) is 6.96. The van der Waals surface area contributed by atoms with Crippen LogP contribution in [0.25, 0.3) is 16.7 Å². The lowest BCUT2D eigenvalue weighted by Gasteiger charge is -2.09. The average molecular weight is 380 g/mol. The normalized spacial score (nSPS) is 10.9. The summed E-state index contributed by atoms with van der Waals surface area (Å²) in [4.78, 5) is 11.5. The fourth-order valence-corrected chi connectivity index (χ4v) is 3.22. The summed E-state index contributed by atoms with van der Waals surface area (Å²) in [7, 11) is 0. The topological polar surface area (TPSA) is 39.4 Å². The van der Waals surface area contributed by atoms with E-state index in [-0.39, 0.29) is 0 Å². The molecule has 0 aliphatic heterocycles. The molecule has 0 saturated carbocycles. The fourth-order valence-electron chi connectivity index (χ4n) is 3.22. The third kappa shape index (κ3) is 4.89. The predicted molar refractivity (Wildman–Crippen MR) is 111 cm³/mol. The summed E-state index contributed by atoms with van der Waals surface area (Å²) in [5.41, 5.74) is 2.00. The lowest BCUT2D eigenvalue weighted by molar-refractivity contribution is 0.267. The first-order valence-corrected chi connectivity index (χ1v) is 9.65. The van der Waals surface area contributed by atoms with E-state index in [1.165, 1.54) is 0 Å². The highest BCUT2D eigenvalue weighted by Crippen LogP contribution is 2.21. The van der Waals surface area contributed by atoms with Gasteiger partial charge in [0.2, 0.25) is 5.82 Å². The van der Waals surface area contributed by atoms with Crippen LogP contribution in [0.1, 0.15) is 42.4 Å². The van der Waals surface area contributed by atoms with Gasteiger partial charge in [-0.2, -0.15) is 4.39 Å². The molecule has 28 heavy (non-hydrogen) atoms. The standard InChI is InChI=1S/C24H25FO3/c1-17-21-14-13-19(16-22(21)28-24(26)23(17)25)10-6-3-4-9-15-27-18(2)20-11-7-5-8-12-20/h5,7-8,11-14,16H,2-4,6,9-10,15H2,1H3. The Morgan fingerprint density at radius 3 is 2.61 bits per heavy atom. The van der Waals surface area contributed by atoms with Gasteiger partial charge in [-0.25, -0.2) is 4.79 Å². The van der Waals surface area contributed by atoms with Gasteiger partial charge in [0.25, 0.3) is 0 Å². The number of halogens is 1. The van der Waals surface area contributed by atoms with Crippen LogP contribution in [0.4, 0.5) is 4.39 Å². The maximum atomic E-state index is 13.6. The zero-order valence-corrected chi connectivity index (χ0v) is 16.2. The van der Waals surface area contributed by atoms with E-state index < -0.39 is 11.4 Å². The van der Waals surface area contributed by atoms with Crippen molar-refractivity contribution in [3.8, 4) is 0 Å². The van der Waals surface area contributed by atoms with Crippen LogP contribution in [0.2, 0.25) is 0 Å². The number of rotatable bonds is 9. The molecule has 1 aromatic heterocycles. The lowest BCUT2D eigenvalue weighted by atomic mass is 10.0. The summed E-state index contributed by atoms with van der Waals surface area (Å²) < 4.78 is 24.4. The minimum atomic E-state index is -0.903. The van der Waals surface area contributed by atoms with Gasteiger partial charge in [-0.05, 0) is 37.8 Å². The molecule has 0 atom stereocenters. The maximum Gasteiger partial charge on any atom is 0.372 e. The van der Waals surface area contributed by atoms with E-state index in [9.17, 15) is 9.18 Å². The van der Waals surface area contributed by atoms with Crippen molar-refractivity contribution in [3.05, 3.63) is 88.0 Å². The summed E-state index contributed by atoms with van der Waals surface area (Å²) in [6.07, 6.45) is 5.08. The predicted octanol–water partition coefficient (Wildman–Crippen LogP) is 6.03. The smallest absolute Gasteiger partial charge is 0.372 e. The SMILES string of the molecule is C=C(OCCCCCCc1ccc2c(C)c(F)c(=O)oc2c1)c1ccccc1. The number of benzene rings is 2. The van der Waals surface area contributed by atoms with Crippen molar-refractivity contribution in [1.82, 2.24) is 0 Å². The van der Waals surface area contributed by atoms with Crippen LogP contribution < -0.4 is 5.63 Å². The molecule has 1 heterocycles. The highest BCUT2D eigenvalue weighted by molar-refractivity contribution is 5.80. The van der Waals surface area contributed by atoms with E-state index in [1.807, 2.05) is 48.5 Å². The van der Waals surface area contributed by atoms with E-state index in [2.05, 4.69) is 6.58 Å². The first-order valence-electron chi connectivity index (χ1n) is 9.65. The highest BCUT2D eigenvalue weighted by atomic mass is 19.1. The summed E-state index contributed by atoms with van der Waals surface area (Å²) >= 11 is 0. The summed E-state index contributed by atoms with van der Waals surface area (Å²) in [6, 6.07) is 15.5. The Labute approximate surface area is 164 Å². The minimum absolute atomic E-state index is 0.342. The van der Waals surface area contributed by atoms with Crippen LogP contribution in [0.15, 0.2) is 64.3 Å². The largest absolute Gasteiger partial charge is 0.494 e. The van der Waals surface area contributed by atoms with Crippen molar-refractivity contribution in [1.29, 1.82) is 0 Å². The Morgan fingerprint density at radius 1 is 1.07 bits per heavy atom.